The van der Waals surface area contributed by atoms with E-state index in [1.165, 1.54) is 15.9 Å². The molecule has 1 aliphatic rings. The lowest BCUT2D eigenvalue weighted by Crippen LogP contribution is -2.50. The van der Waals surface area contributed by atoms with Gasteiger partial charge < -0.3 is 35.0 Å². The van der Waals surface area contributed by atoms with E-state index in [0.29, 0.717) is 22.9 Å². The predicted molar refractivity (Wildman–Crippen MR) is 149 cm³/mol. The Morgan fingerprint density at radius 1 is 1.20 bits per heavy atom. The minimum absolute atomic E-state index is 0.104. The van der Waals surface area contributed by atoms with Crippen molar-refractivity contribution in [3.05, 3.63) is 54.4 Å². The van der Waals surface area contributed by atoms with Gasteiger partial charge in [-0.25, -0.2) is 9.48 Å². The Hall–Kier alpha value is -4.72. The van der Waals surface area contributed by atoms with Crippen LogP contribution in [0.1, 0.15) is 24.2 Å². The molecule has 0 saturated heterocycles. The number of carbonyl (C=O) groups is 3. The number of nitrogens with zero attached hydrogens (tertiary/aromatic N) is 6. The zero-order valence-corrected chi connectivity index (χ0v) is 23.4. The molecule has 4 amide bonds. The summed E-state index contributed by atoms with van der Waals surface area (Å²) in [6.07, 6.45) is 0.837. The van der Waals surface area contributed by atoms with Crippen molar-refractivity contribution in [2.45, 2.75) is 32.5 Å². The maximum absolute atomic E-state index is 13.6. The first-order valence-corrected chi connectivity index (χ1v) is 13.1. The number of aromatic nitrogens is 4. The Kier molecular flexibility index (Phi) is 9.34. The molecule has 0 bridgehead atoms. The number of nitrogens with one attached hydrogen (secondary N) is 2. The van der Waals surface area contributed by atoms with E-state index in [2.05, 4.69) is 26.2 Å². The van der Waals surface area contributed by atoms with Gasteiger partial charge in [0.15, 0.2) is 0 Å². The molecule has 41 heavy (non-hydrogen) atoms. The van der Waals surface area contributed by atoms with Crippen LogP contribution in [-0.4, -0.2) is 99.0 Å². The van der Waals surface area contributed by atoms with Gasteiger partial charge in [-0.15, -0.1) is 5.10 Å². The molecule has 0 saturated carbocycles. The third kappa shape index (κ3) is 7.28. The molecule has 2 aromatic carbocycles. The first kappa shape index (κ1) is 29.3. The quantitative estimate of drug-likeness (QED) is 0.350. The van der Waals surface area contributed by atoms with Crippen molar-refractivity contribution < 1.29 is 29.0 Å². The number of rotatable bonds is 9. The van der Waals surface area contributed by atoms with Gasteiger partial charge in [0, 0.05) is 30.9 Å². The van der Waals surface area contributed by atoms with Gasteiger partial charge in [0.25, 0.3) is 5.91 Å². The van der Waals surface area contributed by atoms with Crippen molar-refractivity contribution in [3.8, 4) is 11.5 Å². The van der Waals surface area contributed by atoms with Crippen LogP contribution in [0.4, 0.5) is 16.2 Å². The van der Waals surface area contributed by atoms with Crippen molar-refractivity contribution in [3.63, 3.8) is 0 Å². The highest BCUT2D eigenvalue weighted by molar-refractivity contribution is 6.00. The summed E-state index contributed by atoms with van der Waals surface area (Å²) >= 11 is 0. The Morgan fingerprint density at radius 3 is 2.59 bits per heavy atom. The van der Waals surface area contributed by atoms with Crippen LogP contribution in [0.5, 0.6) is 11.5 Å². The zero-order valence-electron chi connectivity index (χ0n) is 23.4. The summed E-state index contributed by atoms with van der Waals surface area (Å²) in [5, 5.41) is 26.2. The number of aliphatic hydroxyl groups excluding tert-OH is 1. The number of carbonyl (C=O) groups excluding carboxylic acids is 3. The monoisotopic (exact) mass is 566 g/mol. The highest BCUT2D eigenvalue weighted by atomic mass is 16.5. The molecule has 1 aliphatic heterocycles. The first-order valence-electron chi connectivity index (χ1n) is 13.1. The minimum atomic E-state index is -0.484. The molecule has 1 aromatic heterocycles. The van der Waals surface area contributed by atoms with Gasteiger partial charge in [0.2, 0.25) is 5.91 Å². The van der Waals surface area contributed by atoms with Crippen molar-refractivity contribution >= 4 is 29.2 Å². The molecule has 0 unspecified atom stereocenters. The Morgan fingerprint density at radius 2 is 1.93 bits per heavy atom. The van der Waals surface area contributed by atoms with Gasteiger partial charge in [-0.2, -0.15) is 0 Å². The molecule has 3 atom stereocenters. The van der Waals surface area contributed by atoms with Crippen LogP contribution in [0, 0.1) is 5.92 Å². The van der Waals surface area contributed by atoms with E-state index in [0.717, 1.165) is 0 Å². The summed E-state index contributed by atoms with van der Waals surface area (Å²) in [6.45, 7) is 3.87. The number of anilines is 2. The highest BCUT2D eigenvalue weighted by Gasteiger charge is 2.34. The fraction of sp³-hybridized carbons (Fsp3) is 0.407. The van der Waals surface area contributed by atoms with Gasteiger partial charge in [-0.3, -0.25) is 9.59 Å². The molecule has 218 valence electrons. The molecule has 0 fully saturated rings. The molecule has 3 aromatic rings. The van der Waals surface area contributed by atoms with Gasteiger partial charge >= 0.3 is 6.03 Å². The number of hydrogen-bond acceptors (Lipinski definition) is 9. The third-order valence-electron chi connectivity index (χ3n) is 6.79. The van der Waals surface area contributed by atoms with E-state index in [1.54, 1.807) is 68.4 Å². The Bertz CT molecular complexity index is 1350. The summed E-state index contributed by atoms with van der Waals surface area (Å²) in [7, 11) is 3.23. The van der Waals surface area contributed by atoms with Crippen LogP contribution >= 0.6 is 0 Å². The summed E-state index contributed by atoms with van der Waals surface area (Å²) in [6, 6.07) is 11.0. The summed E-state index contributed by atoms with van der Waals surface area (Å²) in [5.74, 6) is 0.0809. The molecular formula is C27H34N8O6. The fourth-order valence-corrected chi connectivity index (χ4v) is 4.36. The van der Waals surface area contributed by atoms with E-state index < -0.39 is 12.1 Å². The molecule has 0 aliphatic carbocycles. The number of aliphatic hydroxyl groups is 1. The Labute approximate surface area is 237 Å². The second-order valence-electron chi connectivity index (χ2n) is 9.93. The molecule has 0 spiro atoms. The lowest BCUT2D eigenvalue weighted by Gasteiger charge is -2.38. The van der Waals surface area contributed by atoms with E-state index in [-0.39, 0.29) is 55.6 Å². The number of benzene rings is 2. The number of urea groups is 1. The van der Waals surface area contributed by atoms with E-state index in [1.807, 2.05) is 6.92 Å². The number of likely N-dealkylation sites (N-methyl/N-ethyl adjacent to an activating group) is 1. The molecule has 4 rings (SSSR count). The van der Waals surface area contributed by atoms with Crippen LogP contribution < -0.4 is 20.1 Å². The number of ether oxygens (including phenoxy) is 2. The summed E-state index contributed by atoms with van der Waals surface area (Å²) in [5.41, 5.74) is 1.23. The molecule has 3 N–H and O–H groups in total. The predicted octanol–water partition coefficient (Wildman–Crippen LogP) is 1.70. The summed E-state index contributed by atoms with van der Waals surface area (Å²) < 4.78 is 12.8. The van der Waals surface area contributed by atoms with Crippen LogP contribution in [0.15, 0.2) is 48.8 Å². The Balaban J connectivity index is 1.53. The van der Waals surface area contributed by atoms with Gasteiger partial charge in [-0.05, 0) is 59.8 Å². The first-order chi connectivity index (χ1) is 19.7. The molecule has 14 heteroatoms. The normalized spacial score (nSPS) is 17.4. The number of amides is 4. The van der Waals surface area contributed by atoms with Gasteiger partial charge in [0.05, 0.1) is 31.9 Å². The third-order valence-corrected chi connectivity index (χ3v) is 6.79. The molecule has 0 radical (unpaired) electrons. The lowest BCUT2D eigenvalue weighted by atomic mass is 9.99. The lowest BCUT2D eigenvalue weighted by molar-refractivity contribution is -0.116. The largest absolute Gasteiger partial charge is 0.497 e. The molecular weight excluding hydrogens is 532 g/mol. The second kappa shape index (κ2) is 13.1. The highest BCUT2D eigenvalue weighted by Crippen LogP contribution is 2.31. The van der Waals surface area contributed by atoms with Gasteiger partial charge in [0.1, 0.15) is 30.5 Å². The maximum Gasteiger partial charge on any atom is 0.321 e. The van der Waals surface area contributed by atoms with E-state index in [9.17, 15) is 19.5 Å². The zero-order chi connectivity index (χ0) is 29.5. The van der Waals surface area contributed by atoms with E-state index >= 15 is 0 Å². The fourth-order valence-electron chi connectivity index (χ4n) is 4.36. The van der Waals surface area contributed by atoms with Crippen LogP contribution in [0.3, 0.4) is 0 Å². The van der Waals surface area contributed by atoms with Crippen LogP contribution in [-0.2, 0) is 11.3 Å². The number of fused-ring (bicyclic) bond motifs is 1. The molecule has 2 heterocycles. The van der Waals surface area contributed by atoms with Crippen molar-refractivity contribution in [2.75, 3.05) is 44.5 Å². The summed E-state index contributed by atoms with van der Waals surface area (Å²) in [4.78, 5) is 42.2. The number of tetrazole rings is 1. The number of hydrogen-bond donors (Lipinski definition) is 3. The topological polar surface area (TPSA) is 164 Å². The van der Waals surface area contributed by atoms with Crippen molar-refractivity contribution in [1.29, 1.82) is 0 Å². The van der Waals surface area contributed by atoms with E-state index in [4.69, 9.17) is 9.47 Å². The maximum atomic E-state index is 13.6. The smallest absolute Gasteiger partial charge is 0.321 e. The van der Waals surface area contributed by atoms with Crippen LogP contribution in [0.2, 0.25) is 0 Å². The SMILES string of the molecule is COc1ccc(NC(=O)N(C)C[C@@H]2Oc3ccc(NC(=O)Cn4cnnn4)cc3C(=O)N([C@@H](C)CO)C[C@@H]2C)cc1. The average Bonchev–Trinajstić information content (AvgIpc) is 3.48. The van der Waals surface area contributed by atoms with Crippen LogP contribution in [0.25, 0.3) is 0 Å². The van der Waals surface area contributed by atoms with Crippen molar-refractivity contribution in [2.24, 2.45) is 5.92 Å². The minimum Gasteiger partial charge on any atom is -0.497 e. The number of methoxy groups -OCH3 is 1. The molecule has 14 nitrogen and oxygen atoms in total. The standard InChI is InChI=1S/C27H34N8O6/c1-17-12-35(18(2)15-36)26(38)22-11-20(29-25(37)14-34-16-28-31-32-34)7-10-23(22)41-24(17)13-33(3)27(39)30-19-5-8-21(40-4)9-6-19/h5-11,16-18,24,36H,12-15H2,1-4H3,(H,29,37)(H,30,39)/t17-,18-,24-/m0/s1. The second-order valence-corrected chi connectivity index (χ2v) is 9.93. The van der Waals surface area contributed by atoms with Crippen molar-refractivity contribution in [1.82, 2.24) is 30.0 Å². The van der Waals surface area contributed by atoms with Gasteiger partial charge in [-0.1, -0.05) is 6.92 Å². The average molecular weight is 567 g/mol.